The van der Waals surface area contributed by atoms with Crippen LogP contribution < -0.4 is 9.70 Å². The summed E-state index contributed by atoms with van der Waals surface area (Å²) in [5.41, 5.74) is 2.45. The molecule has 146 valence electrons. The van der Waals surface area contributed by atoms with Gasteiger partial charge in [-0.1, -0.05) is 11.3 Å². The number of benzene rings is 2. The maximum Gasteiger partial charge on any atom is 0.279 e. The van der Waals surface area contributed by atoms with E-state index in [4.69, 9.17) is 0 Å². The molecule has 28 heavy (non-hydrogen) atoms. The van der Waals surface area contributed by atoms with Gasteiger partial charge in [0.15, 0.2) is 4.80 Å². The zero-order valence-electron chi connectivity index (χ0n) is 16.1. The van der Waals surface area contributed by atoms with Crippen LogP contribution in [0.2, 0.25) is 0 Å². The summed E-state index contributed by atoms with van der Waals surface area (Å²) in [6.07, 6.45) is 0. The molecule has 0 saturated heterocycles. The molecule has 0 radical (unpaired) electrons. The van der Waals surface area contributed by atoms with Crippen LogP contribution in [0.15, 0.2) is 47.5 Å². The SMILES string of the molecule is CCN(CC)c1ccc(C(=O)N=c2sc3cc([N+](=O)[O-])ccc3n2CC)cc1. The lowest BCUT2D eigenvalue weighted by molar-refractivity contribution is -0.384. The van der Waals surface area contributed by atoms with Crippen molar-refractivity contribution >= 4 is 38.8 Å². The second-order valence-electron chi connectivity index (χ2n) is 6.17. The number of amides is 1. The molecule has 0 fully saturated rings. The van der Waals surface area contributed by atoms with Crippen molar-refractivity contribution in [1.82, 2.24) is 4.57 Å². The normalized spacial score (nSPS) is 11.8. The topological polar surface area (TPSA) is 80.7 Å². The second-order valence-corrected chi connectivity index (χ2v) is 7.18. The first kappa shape index (κ1) is 19.8. The monoisotopic (exact) mass is 398 g/mol. The van der Waals surface area contributed by atoms with E-state index in [9.17, 15) is 14.9 Å². The number of carbonyl (C=O) groups is 1. The number of hydrogen-bond acceptors (Lipinski definition) is 5. The van der Waals surface area contributed by atoms with Gasteiger partial charge in [-0.25, -0.2) is 0 Å². The van der Waals surface area contributed by atoms with E-state index < -0.39 is 4.92 Å². The van der Waals surface area contributed by atoms with Gasteiger partial charge in [-0.05, 0) is 51.1 Å². The van der Waals surface area contributed by atoms with Gasteiger partial charge >= 0.3 is 0 Å². The maximum absolute atomic E-state index is 12.7. The number of anilines is 1. The van der Waals surface area contributed by atoms with Crippen molar-refractivity contribution in [3.8, 4) is 0 Å². The molecule has 1 aromatic heterocycles. The molecule has 0 N–H and O–H groups in total. The number of thiazole rings is 1. The van der Waals surface area contributed by atoms with Crippen LogP contribution in [0, 0.1) is 10.1 Å². The third-order valence-electron chi connectivity index (χ3n) is 4.63. The van der Waals surface area contributed by atoms with E-state index in [2.05, 4.69) is 23.7 Å². The molecule has 0 aliphatic rings. The molecule has 1 amide bonds. The first-order chi connectivity index (χ1) is 13.5. The predicted octanol–water partition coefficient (Wildman–Crippen LogP) is 4.22. The summed E-state index contributed by atoms with van der Waals surface area (Å²) in [5, 5.41) is 11.0. The molecule has 0 spiro atoms. The summed E-state index contributed by atoms with van der Waals surface area (Å²) in [6, 6.07) is 12.1. The lowest BCUT2D eigenvalue weighted by atomic mass is 10.2. The van der Waals surface area contributed by atoms with Gasteiger partial charge in [-0.15, -0.1) is 0 Å². The van der Waals surface area contributed by atoms with Gasteiger partial charge in [0.1, 0.15) is 0 Å². The van der Waals surface area contributed by atoms with E-state index in [0.717, 1.165) is 29.0 Å². The van der Waals surface area contributed by atoms with Gasteiger partial charge in [-0.3, -0.25) is 14.9 Å². The Hall–Kier alpha value is -3.00. The van der Waals surface area contributed by atoms with Gasteiger partial charge in [-0.2, -0.15) is 4.99 Å². The Bertz CT molecular complexity index is 1080. The average Bonchev–Trinajstić information content (AvgIpc) is 3.05. The van der Waals surface area contributed by atoms with E-state index in [1.165, 1.54) is 23.5 Å². The number of aromatic nitrogens is 1. The van der Waals surface area contributed by atoms with Crippen LogP contribution in [0.3, 0.4) is 0 Å². The van der Waals surface area contributed by atoms with Crippen LogP contribution in [0.25, 0.3) is 10.2 Å². The number of carbonyl (C=O) groups excluding carboxylic acids is 1. The first-order valence-electron chi connectivity index (χ1n) is 9.20. The second kappa shape index (κ2) is 8.35. The predicted molar refractivity (Wildman–Crippen MR) is 112 cm³/mol. The van der Waals surface area contributed by atoms with E-state index >= 15 is 0 Å². The summed E-state index contributed by atoms with van der Waals surface area (Å²) >= 11 is 1.28. The Morgan fingerprint density at radius 1 is 1.14 bits per heavy atom. The fraction of sp³-hybridized carbons (Fsp3) is 0.300. The molecular formula is C20H22N4O3S. The standard InChI is InChI=1S/C20H22N4O3S/c1-4-22(5-2)15-9-7-14(8-10-15)19(25)21-20-23(6-3)17-12-11-16(24(26)27)13-18(17)28-20/h7-13H,4-6H2,1-3H3. The number of fused-ring (bicyclic) bond motifs is 1. The number of nitro benzene ring substituents is 1. The van der Waals surface area contributed by atoms with Crippen LogP contribution in [-0.4, -0.2) is 28.5 Å². The van der Waals surface area contributed by atoms with Crippen molar-refractivity contribution in [2.24, 2.45) is 4.99 Å². The van der Waals surface area contributed by atoms with Gasteiger partial charge in [0, 0.05) is 43.0 Å². The molecule has 0 saturated carbocycles. The molecule has 3 rings (SSSR count). The van der Waals surface area contributed by atoms with Gasteiger partial charge in [0.2, 0.25) is 0 Å². The van der Waals surface area contributed by atoms with Crippen molar-refractivity contribution in [2.45, 2.75) is 27.3 Å². The van der Waals surface area contributed by atoms with Crippen LogP contribution in [0.4, 0.5) is 11.4 Å². The zero-order valence-corrected chi connectivity index (χ0v) is 16.9. The van der Waals surface area contributed by atoms with Crippen LogP contribution >= 0.6 is 11.3 Å². The Balaban J connectivity index is 1.99. The van der Waals surface area contributed by atoms with Crippen molar-refractivity contribution in [3.63, 3.8) is 0 Å². The van der Waals surface area contributed by atoms with Crippen LogP contribution in [0.5, 0.6) is 0 Å². The van der Waals surface area contributed by atoms with Crippen LogP contribution in [-0.2, 0) is 6.54 Å². The van der Waals surface area contributed by atoms with Gasteiger partial charge in [0.25, 0.3) is 11.6 Å². The first-order valence-corrected chi connectivity index (χ1v) is 10.0. The highest BCUT2D eigenvalue weighted by Gasteiger charge is 2.13. The highest BCUT2D eigenvalue weighted by Crippen LogP contribution is 2.23. The minimum atomic E-state index is -0.422. The minimum absolute atomic E-state index is 0.0295. The lowest BCUT2D eigenvalue weighted by Gasteiger charge is -2.20. The van der Waals surface area contributed by atoms with E-state index in [-0.39, 0.29) is 11.6 Å². The molecule has 0 aliphatic heterocycles. The largest absolute Gasteiger partial charge is 0.372 e. The molecule has 8 heteroatoms. The highest BCUT2D eigenvalue weighted by molar-refractivity contribution is 7.16. The summed E-state index contributed by atoms with van der Waals surface area (Å²) in [7, 11) is 0. The van der Waals surface area contributed by atoms with Gasteiger partial charge in [0.05, 0.1) is 15.1 Å². The Labute approximate surface area is 166 Å². The fourth-order valence-corrected chi connectivity index (χ4v) is 4.25. The average molecular weight is 398 g/mol. The molecule has 0 bridgehead atoms. The molecule has 3 aromatic rings. The molecule has 7 nitrogen and oxygen atoms in total. The van der Waals surface area contributed by atoms with Crippen molar-refractivity contribution in [1.29, 1.82) is 0 Å². The van der Waals surface area contributed by atoms with Crippen molar-refractivity contribution in [2.75, 3.05) is 18.0 Å². The highest BCUT2D eigenvalue weighted by atomic mass is 32.1. The summed E-state index contributed by atoms with van der Waals surface area (Å²) in [4.78, 5) is 30.3. The number of hydrogen-bond donors (Lipinski definition) is 0. The maximum atomic E-state index is 12.7. The van der Waals surface area contributed by atoms with E-state index in [1.807, 2.05) is 23.6 Å². The molecule has 0 aliphatic carbocycles. The Kier molecular flexibility index (Phi) is 5.89. The van der Waals surface area contributed by atoms with Gasteiger partial charge < -0.3 is 9.47 Å². The Morgan fingerprint density at radius 2 is 1.82 bits per heavy atom. The molecule has 0 unspecified atom stereocenters. The fourth-order valence-electron chi connectivity index (χ4n) is 3.12. The number of aryl methyl sites for hydroxylation is 1. The number of non-ortho nitro benzene ring substituents is 1. The van der Waals surface area contributed by atoms with Crippen LogP contribution in [0.1, 0.15) is 31.1 Å². The smallest absolute Gasteiger partial charge is 0.279 e. The summed E-state index contributed by atoms with van der Waals surface area (Å²) < 4.78 is 2.63. The van der Waals surface area contributed by atoms with E-state index in [0.29, 0.717) is 16.9 Å². The zero-order chi connectivity index (χ0) is 20.3. The number of nitrogens with zero attached hydrogens (tertiary/aromatic N) is 4. The summed E-state index contributed by atoms with van der Waals surface area (Å²) in [6.45, 7) is 8.55. The van der Waals surface area contributed by atoms with Crippen molar-refractivity contribution < 1.29 is 9.72 Å². The molecular weight excluding hydrogens is 376 g/mol. The summed E-state index contributed by atoms with van der Waals surface area (Å²) in [5.74, 6) is -0.325. The molecule has 1 heterocycles. The third-order valence-corrected chi connectivity index (χ3v) is 5.67. The lowest BCUT2D eigenvalue weighted by Crippen LogP contribution is -2.21. The number of rotatable bonds is 6. The quantitative estimate of drug-likeness (QED) is 0.460. The third kappa shape index (κ3) is 3.82. The minimum Gasteiger partial charge on any atom is -0.372 e. The molecule has 2 aromatic carbocycles. The van der Waals surface area contributed by atoms with E-state index in [1.54, 1.807) is 18.2 Å². The molecule has 0 atom stereocenters. The van der Waals surface area contributed by atoms with Crippen molar-refractivity contribution in [3.05, 3.63) is 62.9 Å². The number of nitro groups is 1. The Morgan fingerprint density at radius 3 is 2.39 bits per heavy atom.